The number of hydrazine groups is 1. The number of nitrogens with one attached hydrogen (secondary N) is 2. The average Bonchev–Trinajstić information content (AvgIpc) is 2.84. The Morgan fingerprint density at radius 1 is 1.27 bits per heavy atom. The van der Waals surface area contributed by atoms with E-state index in [1.54, 1.807) is 0 Å². The Morgan fingerprint density at radius 3 is 2.86 bits per heavy atom. The third kappa shape index (κ3) is 3.33. The number of hydrogen-bond acceptors (Lipinski definition) is 6. The van der Waals surface area contributed by atoms with Crippen LogP contribution in [0, 0.1) is 5.92 Å². The molecule has 22 heavy (non-hydrogen) atoms. The summed E-state index contributed by atoms with van der Waals surface area (Å²) in [5.74, 6) is 0.433. The van der Waals surface area contributed by atoms with Crippen LogP contribution in [0.2, 0.25) is 0 Å². The third-order valence-electron chi connectivity index (χ3n) is 3.66. The van der Waals surface area contributed by atoms with Crippen LogP contribution >= 0.6 is 0 Å². The molecule has 0 spiro atoms. The first-order chi connectivity index (χ1) is 10.5. The maximum Gasteiger partial charge on any atom is 0.238 e. The standard InChI is InChI=1S/C14H16N4O3S/c19-13(7-10-5-6-22(20,21)8-10)17-18-14-11-3-1-2-4-12(11)15-9-16-14/h1-4,9-10H,5-8H2,(H,17,19)(H,15,16,18). The number of amides is 1. The first-order valence-corrected chi connectivity index (χ1v) is 8.81. The van der Waals surface area contributed by atoms with E-state index in [9.17, 15) is 13.2 Å². The SMILES string of the molecule is O=C(CC1CCS(=O)(=O)C1)NNc1ncnc2ccccc12. The molecule has 1 aromatic carbocycles. The molecule has 3 rings (SSSR count). The highest BCUT2D eigenvalue weighted by molar-refractivity contribution is 7.91. The van der Waals surface area contributed by atoms with Crippen LogP contribution in [-0.4, -0.2) is 35.8 Å². The van der Waals surface area contributed by atoms with Crippen LogP contribution in [0.5, 0.6) is 0 Å². The molecule has 0 saturated carbocycles. The number of anilines is 1. The number of fused-ring (bicyclic) bond motifs is 1. The van der Waals surface area contributed by atoms with Gasteiger partial charge in [-0.25, -0.2) is 18.4 Å². The fraction of sp³-hybridized carbons (Fsp3) is 0.357. The van der Waals surface area contributed by atoms with Gasteiger partial charge >= 0.3 is 0 Å². The summed E-state index contributed by atoms with van der Waals surface area (Å²) in [6.07, 6.45) is 2.15. The van der Waals surface area contributed by atoms with Crippen molar-refractivity contribution in [3.63, 3.8) is 0 Å². The van der Waals surface area contributed by atoms with Crippen molar-refractivity contribution in [3.8, 4) is 0 Å². The lowest BCUT2D eigenvalue weighted by Gasteiger charge is -2.11. The van der Waals surface area contributed by atoms with Gasteiger partial charge in [-0.15, -0.1) is 0 Å². The minimum absolute atomic E-state index is 0.0941. The largest absolute Gasteiger partial charge is 0.281 e. The molecule has 116 valence electrons. The van der Waals surface area contributed by atoms with E-state index >= 15 is 0 Å². The van der Waals surface area contributed by atoms with E-state index in [1.807, 2.05) is 24.3 Å². The van der Waals surface area contributed by atoms with Gasteiger partial charge in [0.05, 0.1) is 17.0 Å². The summed E-state index contributed by atoms with van der Waals surface area (Å²) in [6, 6.07) is 7.45. The van der Waals surface area contributed by atoms with Crippen LogP contribution in [0.3, 0.4) is 0 Å². The maximum absolute atomic E-state index is 11.9. The van der Waals surface area contributed by atoms with Crippen molar-refractivity contribution in [2.24, 2.45) is 5.92 Å². The van der Waals surface area contributed by atoms with Crippen molar-refractivity contribution in [3.05, 3.63) is 30.6 Å². The fourth-order valence-electron chi connectivity index (χ4n) is 2.58. The lowest BCUT2D eigenvalue weighted by Crippen LogP contribution is -2.31. The van der Waals surface area contributed by atoms with Gasteiger partial charge < -0.3 is 0 Å². The van der Waals surface area contributed by atoms with E-state index in [2.05, 4.69) is 20.8 Å². The number of benzene rings is 1. The zero-order chi connectivity index (χ0) is 15.6. The molecular weight excluding hydrogens is 304 g/mol. The normalized spacial score (nSPS) is 19.9. The molecule has 1 fully saturated rings. The molecular formula is C14H16N4O3S. The monoisotopic (exact) mass is 320 g/mol. The highest BCUT2D eigenvalue weighted by atomic mass is 32.2. The second-order valence-electron chi connectivity index (χ2n) is 5.39. The van der Waals surface area contributed by atoms with Crippen LogP contribution in [0.1, 0.15) is 12.8 Å². The molecule has 2 heterocycles. The second kappa shape index (κ2) is 5.88. The predicted octanol–water partition coefficient (Wildman–Crippen LogP) is 0.898. The Balaban J connectivity index is 1.61. The number of carbonyl (C=O) groups excluding carboxylic acids is 1. The summed E-state index contributed by atoms with van der Waals surface area (Å²) in [5, 5.41) is 0.800. The van der Waals surface area contributed by atoms with Crippen LogP contribution in [0.4, 0.5) is 5.82 Å². The van der Waals surface area contributed by atoms with Gasteiger partial charge in [0, 0.05) is 11.8 Å². The molecule has 1 saturated heterocycles. The zero-order valence-electron chi connectivity index (χ0n) is 11.8. The Hall–Kier alpha value is -2.22. The molecule has 0 aliphatic carbocycles. The number of sulfone groups is 1. The van der Waals surface area contributed by atoms with Crippen molar-refractivity contribution < 1.29 is 13.2 Å². The molecule has 1 aromatic heterocycles. The Labute approximate surface area is 128 Å². The molecule has 1 aliphatic rings. The van der Waals surface area contributed by atoms with E-state index in [0.717, 1.165) is 10.9 Å². The predicted molar refractivity (Wildman–Crippen MR) is 82.7 cm³/mol. The number of aromatic nitrogens is 2. The van der Waals surface area contributed by atoms with Gasteiger partial charge in [-0.3, -0.25) is 15.6 Å². The summed E-state index contributed by atoms with van der Waals surface area (Å²) in [6.45, 7) is 0. The lowest BCUT2D eigenvalue weighted by atomic mass is 10.1. The van der Waals surface area contributed by atoms with Crippen LogP contribution < -0.4 is 10.9 Å². The fourth-order valence-corrected chi connectivity index (χ4v) is 4.44. The first kappa shape index (κ1) is 14.7. The van der Waals surface area contributed by atoms with Gasteiger partial charge in [0.15, 0.2) is 15.7 Å². The quantitative estimate of drug-likeness (QED) is 0.812. The van der Waals surface area contributed by atoms with E-state index in [1.165, 1.54) is 6.33 Å². The van der Waals surface area contributed by atoms with Crippen molar-refractivity contribution in [1.29, 1.82) is 0 Å². The highest BCUT2D eigenvalue weighted by Gasteiger charge is 2.29. The molecule has 7 nitrogen and oxygen atoms in total. The molecule has 2 aromatic rings. The van der Waals surface area contributed by atoms with E-state index in [0.29, 0.717) is 12.2 Å². The summed E-state index contributed by atoms with van der Waals surface area (Å²) >= 11 is 0. The van der Waals surface area contributed by atoms with Gasteiger partial charge in [-0.05, 0) is 24.5 Å². The number of nitrogens with zero attached hydrogens (tertiary/aromatic N) is 2. The summed E-state index contributed by atoms with van der Waals surface area (Å²) in [7, 11) is -2.96. The smallest absolute Gasteiger partial charge is 0.238 e. The van der Waals surface area contributed by atoms with Gasteiger partial charge in [0.1, 0.15) is 6.33 Å². The molecule has 2 N–H and O–H groups in total. The number of rotatable bonds is 4. The van der Waals surface area contributed by atoms with Crippen molar-refractivity contribution in [1.82, 2.24) is 15.4 Å². The van der Waals surface area contributed by atoms with E-state index in [4.69, 9.17) is 0 Å². The Bertz CT molecular complexity index is 801. The van der Waals surface area contributed by atoms with Gasteiger partial charge in [0.2, 0.25) is 5.91 Å². The summed E-state index contributed by atoms with van der Waals surface area (Å²) in [5.41, 5.74) is 6.13. The molecule has 1 unspecified atom stereocenters. The van der Waals surface area contributed by atoms with Crippen molar-refractivity contribution >= 4 is 32.5 Å². The van der Waals surface area contributed by atoms with Gasteiger partial charge in [0.25, 0.3) is 0 Å². The van der Waals surface area contributed by atoms with Crippen molar-refractivity contribution in [2.45, 2.75) is 12.8 Å². The van der Waals surface area contributed by atoms with E-state index < -0.39 is 9.84 Å². The highest BCUT2D eigenvalue weighted by Crippen LogP contribution is 2.21. The molecule has 0 radical (unpaired) electrons. The van der Waals surface area contributed by atoms with E-state index in [-0.39, 0.29) is 29.8 Å². The zero-order valence-corrected chi connectivity index (χ0v) is 12.6. The minimum Gasteiger partial charge on any atom is -0.281 e. The van der Waals surface area contributed by atoms with Crippen molar-refractivity contribution in [2.75, 3.05) is 16.9 Å². The number of para-hydroxylation sites is 1. The van der Waals surface area contributed by atoms with Crippen LogP contribution in [0.25, 0.3) is 10.9 Å². The summed E-state index contributed by atoms with van der Waals surface area (Å²) in [4.78, 5) is 20.1. The summed E-state index contributed by atoms with van der Waals surface area (Å²) < 4.78 is 22.8. The van der Waals surface area contributed by atoms with Gasteiger partial charge in [-0.1, -0.05) is 12.1 Å². The Kier molecular flexibility index (Phi) is 3.93. The first-order valence-electron chi connectivity index (χ1n) is 6.98. The minimum atomic E-state index is -2.96. The number of hydrogen-bond donors (Lipinski definition) is 2. The average molecular weight is 320 g/mol. The molecule has 1 amide bonds. The molecule has 1 atom stereocenters. The lowest BCUT2D eigenvalue weighted by molar-refractivity contribution is -0.121. The molecule has 1 aliphatic heterocycles. The number of carbonyl (C=O) groups is 1. The topological polar surface area (TPSA) is 101 Å². The van der Waals surface area contributed by atoms with Crippen LogP contribution in [0.15, 0.2) is 30.6 Å². The molecule has 0 bridgehead atoms. The molecule has 8 heteroatoms. The Morgan fingerprint density at radius 2 is 2.09 bits per heavy atom. The maximum atomic E-state index is 11.9. The van der Waals surface area contributed by atoms with Crippen LogP contribution in [-0.2, 0) is 14.6 Å². The third-order valence-corrected chi connectivity index (χ3v) is 5.50. The van der Waals surface area contributed by atoms with Gasteiger partial charge in [-0.2, -0.15) is 0 Å². The second-order valence-corrected chi connectivity index (χ2v) is 7.61.